The second-order valence-electron chi connectivity index (χ2n) is 4.69. The minimum atomic E-state index is -0.281. The number of thiazole rings is 1. The van der Waals surface area contributed by atoms with Crippen LogP contribution in [0.1, 0.15) is 10.5 Å². The Hall–Kier alpha value is -1.90. The number of methoxy groups -OCH3 is 2. The highest BCUT2D eigenvalue weighted by Gasteiger charge is 2.15. The van der Waals surface area contributed by atoms with Gasteiger partial charge in [0.1, 0.15) is 22.2 Å². The predicted molar refractivity (Wildman–Crippen MR) is 101 cm³/mol. The average molecular weight is 425 g/mol. The van der Waals surface area contributed by atoms with E-state index < -0.39 is 0 Å². The Balaban J connectivity index is 1.79. The summed E-state index contributed by atoms with van der Waals surface area (Å²) in [5.74, 6) is 0.904. The largest absolute Gasteiger partial charge is 0.497 e. The number of benzene rings is 1. The fourth-order valence-electron chi connectivity index (χ4n) is 2.00. The molecule has 0 saturated carbocycles. The average Bonchev–Trinajstić information content (AvgIpc) is 3.24. The molecule has 0 radical (unpaired) electrons. The lowest BCUT2D eigenvalue weighted by Crippen LogP contribution is -2.13. The summed E-state index contributed by atoms with van der Waals surface area (Å²) < 4.78 is 11.4. The van der Waals surface area contributed by atoms with E-state index in [1.165, 1.54) is 11.3 Å². The highest BCUT2D eigenvalue weighted by molar-refractivity contribution is 9.10. The summed E-state index contributed by atoms with van der Waals surface area (Å²) in [5.41, 5.74) is 0.939. The molecule has 0 fully saturated rings. The lowest BCUT2D eigenvalue weighted by molar-refractivity contribution is 0.102. The van der Waals surface area contributed by atoms with Gasteiger partial charge in [0.05, 0.1) is 24.8 Å². The van der Waals surface area contributed by atoms with Crippen molar-refractivity contribution in [3.63, 3.8) is 0 Å². The Bertz CT molecular complexity index is 876. The first-order chi connectivity index (χ1) is 11.6. The minimum absolute atomic E-state index is 0.281. The molecule has 24 heavy (non-hydrogen) atoms. The molecule has 1 amide bonds. The third-order valence-corrected chi connectivity index (χ3v) is 5.87. The first-order valence-electron chi connectivity index (χ1n) is 6.84. The first kappa shape index (κ1) is 16.9. The minimum Gasteiger partial charge on any atom is -0.497 e. The van der Waals surface area contributed by atoms with E-state index in [-0.39, 0.29) is 5.91 Å². The summed E-state index contributed by atoms with van der Waals surface area (Å²) in [6.45, 7) is 0. The van der Waals surface area contributed by atoms with Crippen molar-refractivity contribution in [1.82, 2.24) is 4.98 Å². The van der Waals surface area contributed by atoms with Gasteiger partial charge in [-0.15, -0.1) is 22.7 Å². The number of nitrogens with one attached hydrogen (secondary N) is 1. The van der Waals surface area contributed by atoms with Crippen molar-refractivity contribution in [3.8, 4) is 21.4 Å². The van der Waals surface area contributed by atoms with Crippen molar-refractivity contribution in [3.05, 3.63) is 45.2 Å². The summed E-state index contributed by atoms with van der Waals surface area (Å²) >= 11 is 6.44. The number of ether oxygens (including phenoxy) is 2. The number of nitrogens with zero attached hydrogens (tertiary/aromatic N) is 1. The number of carbonyl (C=O) groups excluding carboxylic acids is 1. The van der Waals surface area contributed by atoms with E-state index >= 15 is 0 Å². The molecule has 0 aliphatic heterocycles. The fourth-order valence-corrected chi connectivity index (χ4v) is 4.31. The Labute approximate surface area is 155 Å². The van der Waals surface area contributed by atoms with Gasteiger partial charge in [-0.2, -0.15) is 0 Å². The molecule has 3 aromatic rings. The molecule has 3 rings (SSSR count). The maximum atomic E-state index is 12.4. The molecule has 0 unspecified atom stereocenters. The lowest BCUT2D eigenvalue weighted by Gasteiger charge is -2.10. The van der Waals surface area contributed by atoms with Crippen LogP contribution in [0.4, 0.5) is 5.69 Å². The molecule has 0 atom stereocenters. The van der Waals surface area contributed by atoms with Gasteiger partial charge >= 0.3 is 0 Å². The maximum Gasteiger partial charge on any atom is 0.275 e. The van der Waals surface area contributed by atoms with Gasteiger partial charge in [0.25, 0.3) is 5.91 Å². The van der Waals surface area contributed by atoms with Crippen LogP contribution < -0.4 is 14.8 Å². The molecule has 1 N–H and O–H groups in total. The topological polar surface area (TPSA) is 60.5 Å². The molecule has 124 valence electrons. The predicted octanol–water partition coefficient (Wildman–Crippen LogP) is 4.90. The second-order valence-corrected chi connectivity index (χ2v) is 7.37. The third-order valence-electron chi connectivity index (χ3n) is 3.17. The molecule has 0 aliphatic rings. The van der Waals surface area contributed by atoms with E-state index in [1.807, 2.05) is 11.4 Å². The Morgan fingerprint density at radius 1 is 1.17 bits per heavy atom. The van der Waals surface area contributed by atoms with Gasteiger partial charge in [-0.05, 0) is 34.1 Å². The molecule has 0 spiro atoms. The molecule has 0 aliphatic carbocycles. The molecular weight excluding hydrogens is 412 g/mol. The van der Waals surface area contributed by atoms with E-state index in [4.69, 9.17) is 9.47 Å². The van der Waals surface area contributed by atoms with Gasteiger partial charge < -0.3 is 14.8 Å². The summed E-state index contributed by atoms with van der Waals surface area (Å²) in [6, 6.07) is 7.19. The van der Waals surface area contributed by atoms with Gasteiger partial charge in [0.2, 0.25) is 0 Å². The number of hydrogen-bond acceptors (Lipinski definition) is 6. The van der Waals surface area contributed by atoms with E-state index in [2.05, 4.69) is 26.2 Å². The highest BCUT2D eigenvalue weighted by atomic mass is 79.9. The van der Waals surface area contributed by atoms with Gasteiger partial charge in [0, 0.05) is 21.3 Å². The number of aromatic nitrogens is 1. The van der Waals surface area contributed by atoms with Crippen LogP contribution in [-0.4, -0.2) is 25.1 Å². The highest BCUT2D eigenvalue weighted by Crippen LogP contribution is 2.33. The SMILES string of the molecule is COc1ccc(NC(=O)c2csc(-c3cc(Br)cs3)n2)c(OC)c1. The van der Waals surface area contributed by atoms with Crippen LogP contribution >= 0.6 is 38.6 Å². The first-order valence-corrected chi connectivity index (χ1v) is 9.39. The van der Waals surface area contributed by atoms with Crippen molar-refractivity contribution in [2.24, 2.45) is 0 Å². The van der Waals surface area contributed by atoms with Crippen LogP contribution in [-0.2, 0) is 0 Å². The van der Waals surface area contributed by atoms with Crippen LogP contribution in [0.5, 0.6) is 11.5 Å². The van der Waals surface area contributed by atoms with Crippen LogP contribution in [0.25, 0.3) is 9.88 Å². The summed E-state index contributed by atoms with van der Waals surface area (Å²) in [4.78, 5) is 17.9. The molecule has 0 saturated heterocycles. The van der Waals surface area contributed by atoms with E-state index in [9.17, 15) is 4.79 Å². The van der Waals surface area contributed by atoms with Crippen LogP contribution in [0.3, 0.4) is 0 Å². The fraction of sp³-hybridized carbons (Fsp3) is 0.125. The van der Waals surface area contributed by atoms with Crippen LogP contribution in [0.2, 0.25) is 0 Å². The molecule has 2 heterocycles. The van der Waals surface area contributed by atoms with Crippen LogP contribution in [0, 0.1) is 0 Å². The molecular formula is C16H13BrN2O3S2. The Morgan fingerprint density at radius 3 is 2.67 bits per heavy atom. The van der Waals surface area contributed by atoms with Crippen molar-refractivity contribution in [1.29, 1.82) is 0 Å². The van der Waals surface area contributed by atoms with E-state index in [0.29, 0.717) is 22.9 Å². The van der Waals surface area contributed by atoms with E-state index in [1.54, 1.807) is 49.1 Å². The number of carbonyl (C=O) groups is 1. The van der Waals surface area contributed by atoms with Crippen molar-refractivity contribution in [2.45, 2.75) is 0 Å². The molecule has 0 bridgehead atoms. The van der Waals surface area contributed by atoms with Crippen molar-refractivity contribution < 1.29 is 14.3 Å². The second kappa shape index (κ2) is 7.33. The number of rotatable bonds is 5. The summed E-state index contributed by atoms with van der Waals surface area (Å²) in [7, 11) is 3.12. The Kier molecular flexibility index (Phi) is 5.17. The van der Waals surface area contributed by atoms with Crippen molar-refractivity contribution >= 4 is 50.2 Å². The molecule has 5 nitrogen and oxygen atoms in total. The van der Waals surface area contributed by atoms with Crippen LogP contribution in [0.15, 0.2) is 39.5 Å². The Morgan fingerprint density at radius 2 is 2.00 bits per heavy atom. The third kappa shape index (κ3) is 3.61. The number of halogens is 1. The normalized spacial score (nSPS) is 10.5. The zero-order valence-corrected chi connectivity index (χ0v) is 16.0. The zero-order valence-electron chi connectivity index (χ0n) is 12.8. The number of amides is 1. The van der Waals surface area contributed by atoms with Gasteiger partial charge in [-0.3, -0.25) is 4.79 Å². The number of hydrogen-bond donors (Lipinski definition) is 1. The summed E-state index contributed by atoms with van der Waals surface area (Å²) in [6.07, 6.45) is 0. The standard InChI is InChI=1S/C16H13BrN2O3S2/c1-21-10-3-4-11(13(6-10)22-2)18-15(20)12-8-24-16(19-12)14-5-9(17)7-23-14/h3-8H,1-2H3,(H,18,20). The number of thiophene rings is 1. The lowest BCUT2D eigenvalue weighted by atomic mass is 10.2. The molecule has 8 heteroatoms. The zero-order chi connectivity index (χ0) is 17.1. The number of anilines is 1. The van der Waals surface area contributed by atoms with Gasteiger partial charge in [-0.25, -0.2) is 4.98 Å². The van der Waals surface area contributed by atoms with Gasteiger partial charge in [-0.1, -0.05) is 0 Å². The van der Waals surface area contributed by atoms with E-state index in [0.717, 1.165) is 14.4 Å². The maximum absolute atomic E-state index is 12.4. The molecule has 1 aromatic carbocycles. The van der Waals surface area contributed by atoms with Crippen molar-refractivity contribution in [2.75, 3.05) is 19.5 Å². The molecule has 2 aromatic heterocycles. The smallest absolute Gasteiger partial charge is 0.275 e. The monoisotopic (exact) mass is 424 g/mol. The quantitative estimate of drug-likeness (QED) is 0.632. The summed E-state index contributed by atoms with van der Waals surface area (Å²) in [5, 5.41) is 7.36. The van der Waals surface area contributed by atoms with Gasteiger partial charge in [0.15, 0.2) is 0 Å².